The Morgan fingerprint density at radius 3 is 2.49 bits per heavy atom. The van der Waals surface area contributed by atoms with Gasteiger partial charge in [-0.25, -0.2) is 4.18 Å². The fourth-order valence-corrected chi connectivity index (χ4v) is 11.8. The predicted octanol–water partition coefficient (Wildman–Crippen LogP) is 7.27. The summed E-state index contributed by atoms with van der Waals surface area (Å²) in [6, 6.07) is 3.79. The van der Waals surface area contributed by atoms with Gasteiger partial charge in [0.25, 0.3) is 0 Å². The molecule has 5 rings (SSSR count). The molecule has 41 heavy (non-hydrogen) atoms. The monoisotopic (exact) mass is 627 g/mol. The lowest BCUT2D eigenvalue weighted by atomic mass is 9.44. The molecule has 4 aliphatic carbocycles. The zero-order valence-electron chi connectivity index (χ0n) is 24.9. The van der Waals surface area contributed by atoms with Crippen molar-refractivity contribution in [3.8, 4) is 0 Å². The third kappa shape index (κ3) is 6.04. The first-order valence-corrected chi connectivity index (χ1v) is 17.9. The number of amides is 1. The second kappa shape index (κ2) is 11.5. The van der Waals surface area contributed by atoms with E-state index in [-0.39, 0.29) is 64.1 Å². The van der Waals surface area contributed by atoms with Crippen LogP contribution in [0.3, 0.4) is 0 Å². The van der Waals surface area contributed by atoms with Gasteiger partial charge in [0.1, 0.15) is 5.78 Å². The molecular weight excluding hydrogens is 582 g/mol. The molecule has 1 heterocycles. The zero-order chi connectivity index (χ0) is 29.9. The minimum absolute atomic E-state index is 0.00468. The Bertz CT molecular complexity index is 1260. The Labute approximate surface area is 254 Å². The summed E-state index contributed by atoms with van der Waals surface area (Å²) in [7, 11) is -4.63. The van der Waals surface area contributed by atoms with Gasteiger partial charge in [-0.05, 0) is 103 Å². The largest absolute Gasteiger partial charge is 0.397 e. The van der Waals surface area contributed by atoms with E-state index in [1.165, 1.54) is 11.3 Å². The summed E-state index contributed by atoms with van der Waals surface area (Å²) in [5, 5.41) is 3.27. The van der Waals surface area contributed by atoms with Crippen molar-refractivity contribution in [3.05, 3.63) is 21.3 Å². The molecule has 10 heteroatoms. The van der Waals surface area contributed by atoms with Crippen LogP contribution in [0, 0.1) is 52.3 Å². The normalized spacial score (nSPS) is 38.6. The molecule has 0 saturated heterocycles. The van der Waals surface area contributed by atoms with Gasteiger partial charge in [-0.2, -0.15) is 8.42 Å². The number of rotatable bonds is 8. The number of thiophene rings is 1. The van der Waals surface area contributed by atoms with Crippen molar-refractivity contribution in [1.82, 2.24) is 5.32 Å². The van der Waals surface area contributed by atoms with Crippen molar-refractivity contribution in [3.63, 3.8) is 0 Å². The van der Waals surface area contributed by atoms with Gasteiger partial charge in [-0.15, -0.1) is 11.3 Å². The number of ketones is 1. The Morgan fingerprint density at radius 1 is 1.15 bits per heavy atom. The molecule has 230 valence electrons. The molecule has 2 N–H and O–H groups in total. The number of halogens is 1. The van der Waals surface area contributed by atoms with Crippen LogP contribution in [0.1, 0.15) is 103 Å². The smallest absolute Gasteiger partial charge is 0.348 e. The van der Waals surface area contributed by atoms with Crippen LogP contribution in [0.4, 0.5) is 0 Å². The van der Waals surface area contributed by atoms with Crippen LogP contribution in [0.2, 0.25) is 4.34 Å². The van der Waals surface area contributed by atoms with E-state index in [1.807, 2.05) is 12.1 Å². The highest BCUT2D eigenvalue weighted by atomic mass is 35.5. The van der Waals surface area contributed by atoms with Gasteiger partial charge in [0.2, 0.25) is 5.91 Å². The molecule has 10 atom stereocenters. The maximum Gasteiger partial charge on any atom is 0.397 e. The fraction of sp³-hybridized carbons (Fsp3) is 0.806. The summed E-state index contributed by atoms with van der Waals surface area (Å²) in [6.07, 6.45) is 6.13. The number of nitrogens with one attached hydrogen (secondary N) is 1. The predicted molar refractivity (Wildman–Crippen MR) is 161 cm³/mol. The van der Waals surface area contributed by atoms with Crippen LogP contribution < -0.4 is 5.32 Å². The van der Waals surface area contributed by atoms with Gasteiger partial charge in [0, 0.05) is 24.1 Å². The Kier molecular flexibility index (Phi) is 8.81. The van der Waals surface area contributed by atoms with E-state index in [4.69, 9.17) is 15.8 Å². The van der Waals surface area contributed by atoms with E-state index in [1.54, 1.807) is 0 Å². The Balaban J connectivity index is 1.34. The molecular formula is C31H46ClNO6S2. The van der Waals surface area contributed by atoms with Gasteiger partial charge >= 0.3 is 10.4 Å². The number of Topliss-reactive ketones (excluding diaryl/α,β-unsaturated/α-hetero) is 1. The van der Waals surface area contributed by atoms with Crippen molar-refractivity contribution in [2.45, 2.75) is 105 Å². The van der Waals surface area contributed by atoms with Crippen molar-refractivity contribution in [2.75, 3.05) is 0 Å². The van der Waals surface area contributed by atoms with Crippen molar-refractivity contribution in [2.24, 2.45) is 52.3 Å². The van der Waals surface area contributed by atoms with Crippen LogP contribution in [-0.4, -0.2) is 30.8 Å². The first kappa shape index (κ1) is 31.4. The highest BCUT2D eigenvalue weighted by Crippen LogP contribution is 2.68. The van der Waals surface area contributed by atoms with E-state index in [9.17, 15) is 22.6 Å². The van der Waals surface area contributed by atoms with Gasteiger partial charge in [-0.3, -0.25) is 14.1 Å². The zero-order valence-corrected chi connectivity index (χ0v) is 27.3. The fourth-order valence-electron chi connectivity index (χ4n) is 9.95. The van der Waals surface area contributed by atoms with Gasteiger partial charge in [0.05, 0.1) is 16.5 Å². The third-order valence-electron chi connectivity index (χ3n) is 11.9. The lowest BCUT2D eigenvalue weighted by Crippen LogP contribution is -2.59. The Morgan fingerprint density at radius 2 is 1.85 bits per heavy atom. The average molecular weight is 628 g/mol. The van der Waals surface area contributed by atoms with Crippen LogP contribution in [0.5, 0.6) is 0 Å². The van der Waals surface area contributed by atoms with Crippen molar-refractivity contribution in [1.29, 1.82) is 0 Å². The number of fused-ring (bicyclic) bond motifs is 5. The second-order valence-corrected chi connectivity index (χ2v) is 17.2. The maximum atomic E-state index is 13.4. The van der Waals surface area contributed by atoms with Crippen LogP contribution in [0.25, 0.3) is 0 Å². The number of hydrogen-bond acceptors (Lipinski definition) is 6. The molecule has 0 aromatic carbocycles. The highest BCUT2D eigenvalue weighted by Gasteiger charge is 2.64. The topological polar surface area (TPSA) is 110 Å². The molecule has 7 nitrogen and oxygen atoms in total. The summed E-state index contributed by atoms with van der Waals surface area (Å²) in [6.45, 7) is 11.0. The summed E-state index contributed by atoms with van der Waals surface area (Å²) < 4.78 is 39.9. The molecule has 2 unspecified atom stereocenters. The highest BCUT2D eigenvalue weighted by molar-refractivity contribution is 7.80. The van der Waals surface area contributed by atoms with Crippen molar-refractivity contribution < 1.29 is 26.7 Å². The Hall–Kier alpha value is -1.000. The van der Waals surface area contributed by atoms with E-state index in [0.717, 1.165) is 37.0 Å². The molecule has 1 aromatic rings. The van der Waals surface area contributed by atoms with Crippen molar-refractivity contribution >= 4 is 45.0 Å². The lowest BCUT2D eigenvalue weighted by molar-refractivity contribution is -0.164. The molecule has 4 aliphatic rings. The summed E-state index contributed by atoms with van der Waals surface area (Å²) in [5.74, 6) is 1.61. The summed E-state index contributed by atoms with van der Waals surface area (Å²) in [4.78, 5) is 26.8. The molecule has 0 spiro atoms. The number of carbonyl (C=O) groups excluding carboxylic acids is 2. The quantitative estimate of drug-likeness (QED) is 0.293. The van der Waals surface area contributed by atoms with Crippen LogP contribution >= 0.6 is 22.9 Å². The van der Waals surface area contributed by atoms with E-state index in [2.05, 4.69) is 39.9 Å². The first-order chi connectivity index (χ1) is 19.1. The first-order valence-electron chi connectivity index (χ1n) is 15.3. The lowest BCUT2D eigenvalue weighted by Gasteiger charge is -2.62. The van der Waals surface area contributed by atoms with E-state index < -0.39 is 16.5 Å². The van der Waals surface area contributed by atoms with E-state index >= 15 is 0 Å². The SMILES string of the molecule is CC(C)C(NC(=O)C[C@@H](C)C1CC[C@H]2[C@@H]3[C@H](OS(=O)(=O)O)C[C@@H]4CC(=O)CC[C@]4(C)[C@H]3CC[C@]12C)c1ccc(Cl)s1. The maximum absolute atomic E-state index is 13.4. The summed E-state index contributed by atoms with van der Waals surface area (Å²) >= 11 is 7.68. The van der Waals surface area contributed by atoms with Crippen LogP contribution in [0.15, 0.2) is 12.1 Å². The summed E-state index contributed by atoms with van der Waals surface area (Å²) in [5.41, 5.74) is -0.0762. The molecule has 0 bridgehead atoms. The van der Waals surface area contributed by atoms with Gasteiger partial charge in [0.15, 0.2) is 0 Å². The third-order valence-corrected chi connectivity index (χ3v) is 13.7. The number of hydrogen-bond donors (Lipinski definition) is 2. The van der Waals surface area contributed by atoms with Gasteiger partial charge < -0.3 is 5.32 Å². The molecule has 4 fully saturated rings. The molecule has 4 saturated carbocycles. The molecule has 1 amide bonds. The van der Waals surface area contributed by atoms with Gasteiger partial charge in [-0.1, -0.05) is 46.2 Å². The molecule has 0 radical (unpaired) electrons. The number of carbonyl (C=O) groups is 2. The molecule has 0 aliphatic heterocycles. The second-order valence-electron chi connectivity index (χ2n) is 14.4. The molecule has 1 aromatic heterocycles. The van der Waals surface area contributed by atoms with E-state index in [0.29, 0.717) is 35.9 Å². The minimum atomic E-state index is -4.63. The minimum Gasteiger partial charge on any atom is -0.348 e. The van der Waals surface area contributed by atoms with Crippen LogP contribution in [-0.2, 0) is 24.2 Å². The average Bonchev–Trinajstić information content (AvgIpc) is 3.45. The standard InChI is InChI=1S/C31H46ClNO6S2/c1-17(2)29(25-8-9-26(32)40-25)33-27(35)14-18(3)21-6-7-22-28-23(11-13-31(21,22)5)30(4)12-10-20(34)15-19(30)16-24(28)39-41(36,37)38/h8-9,17-19,21-24,28-29H,6-7,10-16H2,1-5H3,(H,33,35)(H,36,37,38)/t18-,19+,21?,22+,23+,24-,28+,29?,30+,31-/m1/s1.